The minimum absolute atomic E-state index is 0.264. The van der Waals surface area contributed by atoms with Crippen molar-refractivity contribution in [2.75, 3.05) is 4.72 Å². The molecule has 0 heterocycles. The Morgan fingerprint density at radius 2 is 1.60 bits per heavy atom. The van der Waals surface area contributed by atoms with E-state index in [0.717, 1.165) is 12.1 Å². The first-order chi connectivity index (χ1) is 9.29. The molecule has 7 heteroatoms. The van der Waals surface area contributed by atoms with Gasteiger partial charge >= 0.3 is 0 Å². The van der Waals surface area contributed by atoms with Gasteiger partial charge < -0.3 is 0 Å². The first-order valence-electron chi connectivity index (χ1n) is 5.53. The lowest BCUT2D eigenvalue weighted by atomic mass is 10.2. The van der Waals surface area contributed by atoms with Crippen LogP contribution in [-0.4, -0.2) is 8.42 Å². The molecule has 0 amide bonds. The molecular formula is C13H10F3NO2S. The molecule has 2 rings (SSSR count). The van der Waals surface area contributed by atoms with Crippen LogP contribution in [0.5, 0.6) is 0 Å². The second-order valence-corrected chi connectivity index (χ2v) is 5.85. The number of aryl methyl sites for hydroxylation is 1. The van der Waals surface area contributed by atoms with Gasteiger partial charge in [0.1, 0.15) is 5.82 Å². The summed E-state index contributed by atoms with van der Waals surface area (Å²) in [6, 6.07) is 6.05. The van der Waals surface area contributed by atoms with E-state index in [4.69, 9.17) is 0 Å². The topological polar surface area (TPSA) is 46.2 Å². The summed E-state index contributed by atoms with van der Waals surface area (Å²) in [4.78, 5) is -0.489. The molecule has 2 aromatic carbocycles. The minimum Gasteiger partial charge on any atom is -0.277 e. The third-order valence-corrected chi connectivity index (χ3v) is 3.93. The summed E-state index contributed by atoms with van der Waals surface area (Å²) >= 11 is 0. The van der Waals surface area contributed by atoms with Gasteiger partial charge in [0.2, 0.25) is 0 Å². The van der Waals surface area contributed by atoms with Gasteiger partial charge in [-0.15, -0.1) is 0 Å². The molecule has 0 bridgehead atoms. The molecule has 106 valence electrons. The molecule has 2 aromatic rings. The second-order valence-electron chi connectivity index (χ2n) is 4.16. The van der Waals surface area contributed by atoms with Crippen molar-refractivity contribution >= 4 is 15.7 Å². The zero-order valence-corrected chi connectivity index (χ0v) is 11.1. The minimum atomic E-state index is -4.18. The standard InChI is InChI=1S/C13H10F3NO2S/c1-8-2-5-13(12(16)6-8)17-20(18,19)9-3-4-10(14)11(15)7-9/h2-7,17H,1H3. The Labute approximate surface area is 114 Å². The van der Waals surface area contributed by atoms with Crippen molar-refractivity contribution in [1.29, 1.82) is 0 Å². The second kappa shape index (κ2) is 5.16. The highest BCUT2D eigenvalue weighted by Gasteiger charge is 2.18. The van der Waals surface area contributed by atoms with E-state index < -0.39 is 32.4 Å². The van der Waals surface area contributed by atoms with Crippen LogP contribution in [0.3, 0.4) is 0 Å². The number of sulfonamides is 1. The van der Waals surface area contributed by atoms with Crippen LogP contribution in [0.2, 0.25) is 0 Å². The Morgan fingerprint density at radius 3 is 2.20 bits per heavy atom. The summed E-state index contributed by atoms with van der Waals surface area (Å²) < 4.78 is 65.2. The van der Waals surface area contributed by atoms with Gasteiger partial charge in [0.05, 0.1) is 10.6 Å². The lowest BCUT2D eigenvalue weighted by Crippen LogP contribution is -2.14. The van der Waals surface area contributed by atoms with Gasteiger partial charge in [0, 0.05) is 0 Å². The number of rotatable bonds is 3. The van der Waals surface area contributed by atoms with Gasteiger partial charge in [-0.25, -0.2) is 21.6 Å². The predicted molar refractivity (Wildman–Crippen MR) is 68.3 cm³/mol. The summed E-state index contributed by atoms with van der Waals surface area (Å²) in [6.45, 7) is 1.65. The van der Waals surface area contributed by atoms with E-state index in [1.807, 2.05) is 4.72 Å². The SMILES string of the molecule is Cc1ccc(NS(=O)(=O)c2ccc(F)c(F)c2)c(F)c1. The summed E-state index contributed by atoms with van der Waals surface area (Å²) in [5.41, 5.74) is 0.360. The highest BCUT2D eigenvalue weighted by molar-refractivity contribution is 7.92. The van der Waals surface area contributed by atoms with Crippen LogP contribution < -0.4 is 4.72 Å². The van der Waals surface area contributed by atoms with Crippen LogP contribution in [0.4, 0.5) is 18.9 Å². The first kappa shape index (κ1) is 14.4. The lowest BCUT2D eigenvalue weighted by Gasteiger charge is -2.09. The zero-order valence-electron chi connectivity index (χ0n) is 10.3. The third-order valence-electron chi connectivity index (χ3n) is 2.57. The molecule has 20 heavy (non-hydrogen) atoms. The van der Waals surface area contributed by atoms with Crippen LogP contribution in [0.15, 0.2) is 41.3 Å². The van der Waals surface area contributed by atoms with E-state index in [1.165, 1.54) is 12.1 Å². The molecule has 1 N–H and O–H groups in total. The van der Waals surface area contributed by atoms with Crippen molar-refractivity contribution in [3.63, 3.8) is 0 Å². The fraction of sp³-hybridized carbons (Fsp3) is 0.0769. The Balaban J connectivity index is 2.38. The van der Waals surface area contributed by atoms with Gasteiger partial charge in [-0.3, -0.25) is 4.72 Å². The number of anilines is 1. The Kier molecular flexibility index (Phi) is 3.71. The van der Waals surface area contributed by atoms with Crippen LogP contribution in [0.25, 0.3) is 0 Å². The quantitative estimate of drug-likeness (QED) is 0.946. The van der Waals surface area contributed by atoms with E-state index >= 15 is 0 Å². The fourth-order valence-electron chi connectivity index (χ4n) is 1.55. The van der Waals surface area contributed by atoms with Gasteiger partial charge in [0.25, 0.3) is 10.0 Å². The maximum atomic E-state index is 13.6. The molecule has 0 aliphatic heterocycles. The normalized spacial score (nSPS) is 11.4. The van der Waals surface area contributed by atoms with Crippen LogP contribution in [0.1, 0.15) is 5.56 Å². The van der Waals surface area contributed by atoms with Gasteiger partial charge in [-0.1, -0.05) is 6.07 Å². The maximum Gasteiger partial charge on any atom is 0.262 e. The predicted octanol–water partition coefficient (Wildman–Crippen LogP) is 3.21. The highest BCUT2D eigenvalue weighted by Crippen LogP contribution is 2.21. The summed E-state index contributed by atoms with van der Waals surface area (Å²) in [5, 5.41) is 0. The van der Waals surface area contributed by atoms with Crippen molar-refractivity contribution < 1.29 is 21.6 Å². The maximum absolute atomic E-state index is 13.6. The third kappa shape index (κ3) is 2.93. The summed E-state index contributed by atoms with van der Waals surface area (Å²) in [5.74, 6) is -3.21. The molecule has 0 aliphatic carbocycles. The average molecular weight is 301 g/mol. The van der Waals surface area contributed by atoms with Crippen LogP contribution in [0, 0.1) is 24.4 Å². The van der Waals surface area contributed by atoms with Crippen LogP contribution in [-0.2, 0) is 10.0 Å². The zero-order chi connectivity index (χ0) is 14.9. The van der Waals surface area contributed by atoms with Crippen molar-refractivity contribution in [2.45, 2.75) is 11.8 Å². The lowest BCUT2D eigenvalue weighted by molar-refractivity contribution is 0.504. The first-order valence-corrected chi connectivity index (χ1v) is 7.02. The van der Waals surface area contributed by atoms with Gasteiger partial charge in [-0.05, 0) is 42.8 Å². The molecule has 0 spiro atoms. The van der Waals surface area contributed by atoms with E-state index in [9.17, 15) is 21.6 Å². The van der Waals surface area contributed by atoms with Crippen LogP contribution >= 0.6 is 0 Å². The van der Waals surface area contributed by atoms with Crippen molar-refractivity contribution in [1.82, 2.24) is 0 Å². The number of hydrogen-bond acceptors (Lipinski definition) is 2. The molecular weight excluding hydrogens is 291 g/mol. The number of nitrogens with one attached hydrogen (secondary N) is 1. The Bertz CT molecular complexity index is 760. The molecule has 0 radical (unpaired) electrons. The van der Waals surface area contributed by atoms with Gasteiger partial charge in [-0.2, -0.15) is 0 Å². The molecule has 0 saturated heterocycles. The van der Waals surface area contributed by atoms with Crippen molar-refractivity contribution in [3.8, 4) is 0 Å². The molecule has 0 unspecified atom stereocenters. The summed E-state index contributed by atoms with van der Waals surface area (Å²) in [7, 11) is -4.18. The van der Waals surface area contributed by atoms with E-state index in [1.54, 1.807) is 6.92 Å². The van der Waals surface area contributed by atoms with E-state index in [-0.39, 0.29) is 5.69 Å². The monoisotopic (exact) mass is 301 g/mol. The van der Waals surface area contributed by atoms with Crippen molar-refractivity contribution in [3.05, 3.63) is 59.4 Å². The van der Waals surface area contributed by atoms with Gasteiger partial charge in [0.15, 0.2) is 11.6 Å². The van der Waals surface area contributed by atoms with E-state index in [2.05, 4.69) is 0 Å². The highest BCUT2D eigenvalue weighted by atomic mass is 32.2. The Hall–Kier alpha value is -2.02. The number of hydrogen-bond donors (Lipinski definition) is 1. The molecule has 0 fully saturated rings. The Morgan fingerprint density at radius 1 is 0.900 bits per heavy atom. The smallest absolute Gasteiger partial charge is 0.262 e. The number of halogens is 3. The molecule has 0 aromatic heterocycles. The van der Waals surface area contributed by atoms with Crippen molar-refractivity contribution in [2.24, 2.45) is 0 Å². The molecule has 3 nitrogen and oxygen atoms in total. The number of benzene rings is 2. The fourth-order valence-corrected chi connectivity index (χ4v) is 2.63. The average Bonchev–Trinajstić information content (AvgIpc) is 2.36. The largest absolute Gasteiger partial charge is 0.277 e. The molecule has 0 atom stereocenters. The van der Waals surface area contributed by atoms with E-state index in [0.29, 0.717) is 17.7 Å². The molecule has 0 aliphatic rings. The molecule has 0 saturated carbocycles. The summed E-state index contributed by atoms with van der Waals surface area (Å²) in [6.07, 6.45) is 0.